The van der Waals surface area contributed by atoms with Gasteiger partial charge in [0.2, 0.25) is 11.9 Å². The summed E-state index contributed by atoms with van der Waals surface area (Å²) in [5.74, 6) is -1.86. The number of imidazole rings is 1. The fraction of sp³-hybridized carbons (Fsp3) is 0.222. The first-order valence-electron chi connectivity index (χ1n) is 11.6. The molecule has 2 atom stereocenters. The van der Waals surface area contributed by atoms with E-state index in [9.17, 15) is 19.7 Å². The first kappa shape index (κ1) is 23.2. The van der Waals surface area contributed by atoms with Crippen molar-refractivity contribution in [2.45, 2.75) is 26.4 Å². The molecule has 182 valence electrons. The van der Waals surface area contributed by atoms with E-state index in [1.54, 1.807) is 19.1 Å². The van der Waals surface area contributed by atoms with Gasteiger partial charge in [0.05, 0.1) is 35.2 Å². The van der Waals surface area contributed by atoms with Gasteiger partial charge in [-0.15, -0.1) is 0 Å². The van der Waals surface area contributed by atoms with Crippen molar-refractivity contribution in [1.82, 2.24) is 9.55 Å². The fourth-order valence-corrected chi connectivity index (χ4v) is 4.67. The highest BCUT2D eigenvalue weighted by Gasteiger charge is 2.48. The van der Waals surface area contributed by atoms with Crippen molar-refractivity contribution < 1.29 is 19.2 Å². The smallest absolute Gasteiger partial charge is 0.321 e. The molecule has 0 aliphatic carbocycles. The number of hydrogen-bond acceptors (Lipinski definition) is 6. The van der Waals surface area contributed by atoms with Crippen LogP contribution in [0.25, 0.3) is 11.0 Å². The van der Waals surface area contributed by atoms with Crippen LogP contribution in [-0.2, 0) is 20.9 Å². The lowest BCUT2D eigenvalue weighted by molar-refractivity contribution is -0.384. The Morgan fingerprint density at radius 3 is 2.42 bits per heavy atom. The van der Waals surface area contributed by atoms with E-state index in [4.69, 9.17) is 9.72 Å². The third-order valence-corrected chi connectivity index (χ3v) is 6.39. The van der Waals surface area contributed by atoms with Gasteiger partial charge in [-0.1, -0.05) is 54.1 Å². The monoisotopic (exact) mass is 484 g/mol. The zero-order chi connectivity index (χ0) is 25.4. The number of esters is 1. The Balaban J connectivity index is 1.72. The van der Waals surface area contributed by atoms with Gasteiger partial charge >= 0.3 is 5.97 Å². The summed E-state index contributed by atoms with van der Waals surface area (Å²) in [5, 5.41) is 11.2. The van der Waals surface area contributed by atoms with Crippen LogP contribution in [0.4, 0.5) is 11.6 Å². The van der Waals surface area contributed by atoms with Crippen LogP contribution < -0.4 is 4.90 Å². The molecule has 2 heterocycles. The largest absolute Gasteiger partial charge is 0.465 e. The summed E-state index contributed by atoms with van der Waals surface area (Å²) >= 11 is 0. The molecule has 0 spiro atoms. The highest BCUT2D eigenvalue weighted by molar-refractivity contribution is 6.08. The predicted octanol–water partition coefficient (Wildman–Crippen LogP) is 4.57. The fourth-order valence-electron chi connectivity index (χ4n) is 4.67. The summed E-state index contributed by atoms with van der Waals surface area (Å²) in [7, 11) is 0. The Labute approximate surface area is 207 Å². The third-order valence-electron chi connectivity index (χ3n) is 6.39. The Kier molecular flexibility index (Phi) is 5.97. The van der Waals surface area contributed by atoms with E-state index in [-0.39, 0.29) is 18.8 Å². The van der Waals surface area contributed by atoms with E-state index in [1.807, 2.05) is 60.0 Å². The Morgan fingerprint density at radius 1 is 1.06 bits per heavy atom. The molecule has 5 rings (SSSR count). The van der Waals surface area contributed by atoms with E-state index in [0.717, 1.165) is 16.6 Å². The molecule has 1 amide bonds. The molecule has 4 aromatic rings. The Bertz CT molecular complexity index is 1460. The molecule has 1 aliphatic rings. The number of benzene rings is 3. The van der Waals surface area contributed by atoms with E-state index >= 15 is 0 Å². The van der Waals surface area contributed by atoms with E-state index < -0.39 is 28.8 Å². The van der Waals surface area contributed by atoms with Crippen molar-refractivity contribution in [3.8, 4) is 0 Å². The van der Waals surface area contributed by atoms with Gasteiger partial charge in [0, 0.05) is 12.1 Å². The summed E-state index contributed by atoms with van der Waals surface area (Å²) in [4.78, 5) is 44.3. The molecule has 0 N–H and O–H groups in total. The van der Waals surface area contributed by atoms with Gasteiger partial charge in [0.25, 0.3) is 5.69 Å². The Hall–Kier alpha value is -4.53. The lowest BCUT2D eigenvalue weighted by Gasteiger charge is -2.38. The average Bonchev–Trinajstić information content (AvgIpc) is 3.26. The summed E-state index contributed by atoms with van der Waals surface area (Å²) in [5.41, 5.74) is 3.90. The van der Waals surface area contributed by atoms with Crippen molar-refractivity contribution in [3.05, 3.63) is 99.6 Å². The van der Waals surface area contributed by atoms with E-state index in [0.29, 0.717) is 17.0 Å². The van der Waals surface area contributed by atoms with Crippen LogP contribution in [0, 0.1) is 23.0 Å². The maximum Gasteiger partial charge on any atom is 0.321 e. The van der Waals surface area contributed by atoms with Gasteiger partial charge in [0.1, 0.15) is 0 Å². The molecule has 0 unspecified atom stereocenters. The number of non-ortho nitro benzene ring substituents is 1. The topological polar surface area (TPSA) is 108 Å². The van der Waals surface area contributed by atoms with Crippen LogP contribution in [-0.4, -0.2) is 33.0 Å². The number of hydrogen-bond donors (Lipinski definition) is 0. The molecule has 0 saturated carbocycles. The zero-order valence-electron chi connectivity index (χ0n) is 19.8. The second-order valence-corrected chi connectivity index (χ2v) is 8.70. The number of carbonyl (C=O) groups excluding carboxylic acids is 2. The van der Waals surface area contributed by atoms with Crippen LogP contribution in [0.2, 0.25) is 0 Å². The summed E-state index contributed by atoms with van der Waals surface area (Å²) in [6.07, 6.45) is 0. The van der Waals surface area contributed by atoms with E-state index in [2.05, 4.69) is 0 Å². The lowest BCUT2D eigenvalue weighted by atomic mass is 9.89. The molecule has 0 radical (unpaired) electrons. The number of nitro groups is 1. The van der Waals surface area contributed by atoms with Gasteiger partial charge in [-0.3, -0.25) is 24.6 Å². The number of para-hydroxylation sites is 2. The molecule has 9 heteroatoms. The number of fused-ring (bicyclic) bond motifs is 3. The van der Waals surface area contributed by atoms with Gasteiger partial charge in [-0.2, -0.15) is 0 Å². The first-order valence-corrected chi connectivity index (χ1v) is 11.6. The standard InChI is InChI=1S/C27H24N4O5/c1-3-36-26(33)23-24(19-12-14-20(15-13-19)31(34)35)30-22-7-5-4-6-21(22)28-27(30)29(25(23)32)16-18-10-8-17(2)9-11-18/h4-15,23-24H,3,16H2,1-2H3/t23-,24-/m1/s1. The number of anilines is 1. The molecule has 0 fully saturated rings. The number of nitrogens with zero attached hydrogens (tertiary/aromatic N) is 4. The lowest BCUT2D eigenvalue weighted by Crippen LogP contribution is -2.49. The summed E-state index contributed by atoms with van der Waals surface area (Å²) < 4.78 is 7.22. The number of ether oxygens (including phenoxy) is 1. The number of aryl methyl sites for hydroxylation is 1. The molecule has 3 aromatic carbocycles. The minimum atomic E-state index is -1.19. The second-order valence-electron chi connectivity index (χ2n) is 8.70. The summed E-state index contributed by atoms with van der Waals surface area (Å²) in [6.45, 7) is 4.02. The molecular formula is C27H24N4O5. The number of carbonyl (C=O) groups is 2. The molecular weight excluding hydrogens is 460 g/mol. The summed E-state index contributed by atoms with van der Waals surface area (Å²) in [6, 6.07) is 20.4. The molecule has 9 nitrogen and oxygen atoms in total. The van der Waals surface area contributed by atoms with Crippen LogP contribution in [0.3, 0.4) is 0 Å². The zero-order valence-corrected chi connectivity index (χ0v) is 19.8. The van der Waals surface area contributed by atoms with Crippen LogP contribution >= 0.6 is 0 Å². The number of nitro benzene ring substituents is 1. The number of aromatic nitrogens is 2. The molecule has 36 heavy (non-hydrogen) atoms. The number of amides is 1. The highest BCUT2D eigenvalue weighted by atomic mass is 16.6. The molecule has 0 bridgehead atoms. The SMILES string of the molecule is CCOC(=O)[C@H]1C(=O)N(Cc2ccc(C)cc2)c2nc3ccccc3n2[C@@H]1c1ccc([N+](=O)[O-])cc1. The van der Waals surface area contributed by atoms with Crippen molar-refractivity contribution >= 4 is 34.5 Å². The highest BCUT2D eigenvalue weighted by Crippen LogP contribution is 2.42. The first-order chi connectivity index (χ1) is 17.4. The van der Waals surface area contributed by atoms with Crippen molar-refractivity contribution in [2.75, 3.05) is 11.5 Å². The maximum absolute atomic E-state index is 14.0. The van der Waals surface area contributed by atoms with Gasteiger partial charge in [0.15, 0.2) is 5.92 Å². The minimum absolute atomic E-state index is 0.0784. The molecule has 1 aromatic heterocycles. The second kappa shape index (κ2) is 9.26. The van der Waals surface area contributed by atoms with Crippen molar-refractivity contribution in [3.63, 3.8) is 0 Å². The van der Waals surface area contributed by atoms with Crippen molar-refractivity contribution in [2.24, 2.45) is 5.92 Å². The quantitative estimate of drug-likeness (QED) is 0.172. The van der Waals surface area contributed by atoms with Crippen LogP contribution in [0.5, 0.6) is 0 Å². The molecule has 1 aliphatic heterocycles. The average molecular weight is 485 g/mol. The van der Waals surface area contributed by atoms with Gasteiger partial charge in [-0.25, -0.2) is 4.98 Å². The van der Waals surface area contributed by atoms with Crippen LogP contribution in [0.15, 0.2) is 72.8 Å². The third kappa shape index (κ3) is 3.98. The van der Waals surface area contributed by atoms with Gasteiger partial charge < -0.3 is 9.30 Å². The molecule has 0 saturated heterocycles. The van der Waals surface area contributed by atoms with Crippen molar-refractivity contribution in [1.29, 1.82) is 0 Å². The number of rotatable bonds is 6. The van der Waals surface area contributed by atoms with Gasteiger partial charge in [-0.05, 0) is 37.1 Å². The van der Waals surface area contributed by atoms with E-state index in [1.165, 1.54) is 17.0 Å². The normalized spacial score (nSPS) is 17.2. The minimum Gasteiger partial charge on any atom is -0.465 e. The predicted molar refractivity (Wildman–Crippen MR) is 133 cm³/mol. The maximum atomic E-state index is 14.0. The van der Waals surface area contributed by atoms with Crippen LogP contribution in [0.1, 0.15) is 29.7 Å². The Morgan fingerprint density at radius 2 is 1.75 bits per heavy atom.